The van der Waals surface area contributed by atoms with E-state index < -0.39 is 9.84 Å². The number of H-pyrrole nitrogens is 1. The fourth-order valence-corrected chi connectivity index (χ4v) is 4.34. The summed E-state index contributed by atoms with van der Waals surface area (Å²) in [5, 5.41) is 7.21. The fraction of sp³-hybridized carbons (Fsp3) is 0.833. The summed E-state index contributed by atoms with van der Waals surface area (Å²) in [5.41, 5.74) is 0. The minimum Gasteiger partial charge on any atom is -0.302 e. The SMILES string of the molecule is CN(CCc1nc(C2CC2)n[nH]1)[C@H]1CCS(=O)(=O)C1. The highest BCUT2D eigenvalue weighted by Crippen LogP contribution is 2.37. The predicted molar refractivity (Wildman–Crippen MR) is 71.8 cm³/mol. The number of aromatic amines is 1. The van der Waals surface area contributed by atoms with Crippen LogP contribution in [0.1, 0.15) is 36.8 Å². The summed E-state index contributed by atoms with van der Waals surface area (Å²) in [4.78, 5) is 6.62. The van der Waals surface area contributed by atoms with Gasteiger partial charge in [-0.3, -0.25) is 5.10 Å². The van der Waals surface area contributed by atoms with Gasteiger partial charge < -0.3 is 4.90 Å². The van der Waals surface area contributed by atoms with Gasteiger partial charge in [-0.1, -0.05) is 0 Å². The maximum atomic E-state index is 11.4. The van der Waals surface area contributed by atoms with Gasteiger partial charge in [0.25, 0.3) is 0 Å². The molecule has 1 saturated carbocycles. The second-order valence-corrected chi connectivity index (χ2v) is 7.93. The van der Waals surface area contributed by atoms with Gasteiger partial charge in [-0.15, -0.1) is 0 Å². The normalized spacial score (nSPS) is 26.1. The molecule has 7 heteroatoms. The van der Waals surface area contributed by atoms with Crippen LogP contribution in [0, 0.1) is 0 Å². The Balaban J connectivity index is 1.51. The van der Waals surface area contributed by atoms with E-state index in [2.05, 4.69) is 20.1 Å². The summed E-state index contributed by atoms with van der Waals surface area (Å²) in [6.07, 6.45) is 3.96. The molecule has 6 nitrogen and oxygen atoms in total. The molecule has 2 aliphatic rings. The van der Waals surface area contributed by atoms with Crippen molar-refractivity contribution in [1.82, 2.24) is 20.1 Å². The average molecular weight is 284 g/mol. The molecule has 0 radical (unpaired) electrons. The summed E-state index contributed by atoms with van der Waals surface area (Å²) in [5.74, 6) is 3.06. The summed E-state index contributed by atoms with van der Waals surface area (Å²) >= 11 is 0. The molecule has 2 heterocycles. The molecule has 19 heavy (non-hydrogen) atoms. The quantitative estimate of drug-likeness (QED) is 0.843. The molecule has 1 N–H and O–H groups in total. The van der Waals surface area contributed by atoms with Crippen molar-refractivity contribution in [2.75, 3.05) is 25.1 Å². The minimum absolute atomic E-state index is 0.163. The molecule has 106 valence electrons. The Labute approximate surface area is 113 Å². The molecule has 1 aliphatic carbocycles. The first-order chi connectivity index (χ1) is 9.03. The van der Waals surface area contributed by atoms with Gasteiger partial charge in [0.1, 0.15) is 5.82 Å². The third kappa shape index (κ3) is 3.14. The summed E-state index contributed by atoms with van der Waals surface area (Å²) in [6.45, 7) is 0.819. The van der Waals surface area contributed by atoms with Gasteiger partial charge in [0.15, 0.2) is 15.7 Å². The number of hydrogen-bond acceptors (Lipinski definition) is 5. The number of aromatic nitrogens is 3. The van der Waals surface area contributed by atoms with Gasteiger partial charge in [-0.25, -0.2) is 13.4 Å². The Kier molecular flexibility index (Phi) is 3.34. The zero-order chi connectivity index (χ0) is 13.5. The van der Waals surface area contributed by atoms with Gasteiger partial charge in [0.2, 0.25) is 0 Å². The highest BCUT2D eigenvalue weighted by molar-refractivity contribution is 7.91. The molecule has 1 saturated heterocycles. The third-order valence-electron chi connectivity index (χ3n) is 4.02. The van der Waals surface area contributed by atoms with Crippen molar-refractivity contribution in [2.24, 2.45) is 0 Å². The third-order valence-corrected chi connectivity index (χ3v) is 5.77. The van der Waals surface area contributed by atoms with Crippen LogP contribution in [0.5, 0.6) is 0 Å². The van der Waals surface area contributed by atoms with Crippen LogP contribution < -0.4 is 0 Å². The monoisotopic (exact) mass is 284 g/mol. The van der Waals surface area contributed by atoms with E-state index in [1.165, 1.54) is 12.8 Å². The van der Waals surface area contributed by atoms with Crippen molar-refractivity contribution in [3.8, 4) is 0 Å². The largest absolute Gasteiger partial charge is 0.302 e. The number of nitrogens with zero attached hydrogens (tertiary/aromatic N) is 3. The zero-order valence-corrected chi connectivity index (χ0v) is 12.0. The topological polar surface area (TPSA) is 79.0 Å². The number of nitrogens with one attached hydrogen (secondary N) is 1. The molecule has 1 atom stereocenters. The van der Waals surface area contributed by atoms with Gasteiger partial charge in [0, 0.05) is 24.9 Å². The second-order valence-electron chi connectivity index (χ2n) is 5.70. The van der Waals surface area contributed by atoms with Crippen molar-refractivity contribution in [3.63, 3.8) is 0 Å². The highest BCUT2D eigenvalue weighted by atomic mass is 32.2. The molecule has 0 unspecified atom stereocenters. The maximum Gasteiger partial charge on any atom is 0.153 e. The lowest BCUT2D eigenvalue weighted by molar-refractivity contribution is 0.264. The van der Waals surface area contributed by atoms with E-state index in [-0.39, 0.29) is 6.04 Å². The van der Waals surface area contributed by atoms with E-state index in [9.17, 15) is 8.42 Å². The van der Waals surface area contributed by atoms with Gasteiger partial charge in [0.05, 0.1) is 11.5 Å². The van der Waals surface area contributed by atoms with E-state index in [1.54, 1.807) is 0 Å². The van der Waals surface area contributed by atoms with Crippen LogP contribution in [0.3, 0.4) is 0 Å². The smallest absolute Gasteiger partial charge is 0.153 e. The first kappa shape index (κ1) is 13.1. The number of sulfone groups is 1. The van der Waals surface area contributed by atoms with Crippen molar-refractivity contribution in [2.45, 2.75) is 37.6 Å². The molecule has 1 aliphatic heterocycles. The van der Waals surface area contributed by atoms with E-state index in [4.69, 9.17) is 0 Å². The zero-order valence-electron chi connectivity index (χ0n) is 11.2. The molecule has 0 aromatic carbocycles. The van der Waals surface area contributed by atoms with Crippen LogP contribution in [0.25, 0.3) is 0 Å². The molecule has 0 bridgehead atoms. The van der Waals surface area contributed by atoms with Gasteiger partial charge in [-0.05, 0) is 26.3 Å². The number of rotatable bonds is 5. The second kappa shape index (κ2) is 4.86. The van der Waals surface area contributed by atoms with Crippen molar-refractivity contribution >= 4 is 9.84 Å². The van der Waals surface area contributed by atoms with E-state index in [0.29, 0.717) is 17.4 Å². The lowest BCUT2D eigenvalue weighted by atomic mass is 10.2. The Morgan fingerprint density at radius 3 is 2.79 bits per heavy atom. The Bertz CT molecular complexity index is 550. The average Bonchev–Trinajstić information content (AvgIpc) is 2.99. The standard InChI is InChI=1S/C12H20N4O2S/c1-16(10-5-7-19(17,18)8-10)6-4-11-13-12(15-14-11)9-2-3-9/h9-10H,2-8H2,1H3,(H,13,14,15)/t10-/m0/s1. The van der Waals surface area contributed by atoms with Crippen LogP contribution in [-0.2, 0) is 16.3 Å². The van der Waals surface area contributed by atoms with E-state index in [1.807, 2.05) is 7.05 Å². The molecule has 1 aromatic heterocycles. The van der Waals surface area contributed by atoms with Crippen LogP contribution in [0.2, 0.25) is 0 Å². The van der Waals surface area contributed by atoms with Crippen molar-refractivity contribution in [3.05, 3.63) is 11.6 Å². The molecule has 0 spiro atoms. The van der Waals surface area contributed by atoms with Gasteiger partial charge in [-0.2, -0.15) is 5.10 Å². The molecular weight excluding hydrogens is 264 g/mol. The molecule has 0 amide bonds. The van der Waals surface area contributed by atoms with Crippen LogP contribution in [0.4, 0.5) is 0 Å². The summed E-state index contributed by atoms with van der Waals surface area (Å²) in [7, 11) is -0.810. The number of likely N-dealkylation sites (N-methyl/N-ethyl adjacent to an activating group) is 1. The fourth-order valence-electron chi connectivity index (χ4n) is 2.53. The van der Waals surface area contributed by atoms with Gasteiger partial charge >= 0.3 is 0 Å². The Morgan fingerprint density at radius 2 is 2.16 bits per heavy atom. The summed E-state index contributed by atoms with van der Waals surface area (Å²) < 4.78 is 22.9. The molecular formula is C12H20N4O2S. The minimum atomic E-state index is -2.80. The number of hydrogen-bond donors (Lipinski definition) is 1. The van der Waals surface area contributed by atoms with E-state index >= 15 is 0 Å². The Morgan fingerprint density at radius 1 is 1.37 bits per heavy atom. The Hall–Kier alpha value is -0.950. The van der Waals surface area contributed by atoms with Crippen LogP contribution in [0.15, 0.2) is 0 Å². The maximum absolute atomic E-state index is 11.4. The molecule has 2 fully saturated rings. The van der Waals surface area contributed by atoms with E-state index in [0.717, 1.165) is 31.0 Å². The predicted octanol–water partition coefficient (Wildman–Crippen LogP) is 0.344. The van der Waals surface area contributed by atoms with Crippen LogP contribution in [-0.4, -0.2) is 59.6 Å². The summed E-state index contributed by atoms with van der Waals surface area (Å²) in [6, 6.07) is 0.163. The first-order valence-corrected chi connectivity index (χ1v) is 8.67. The lowest BCUT2D eigenvalue weighted by Crippen LogP contribution is -2.34. The lowest BCUT2D eigenvalue weighted by Gasteiger charge is -2.22. The van der Waals surface area contributed by atoms with Crippen LogP contribution >= 0.6 is 0 Å². The molecule has 1 aromatic rings. The van der Waals surface area contributed by atoms with Crippen molar-refractivity contribution < 1.29 is 8.42 Å². The highest BCUT2D eigenvalue weighted by Gasteiger charge is 2.31. The van der Waals surface area contributed by atoms with Crippen molar-refractivity contribution in [1.29, 1.82) is 0 Å². The molecule has 3 rings (SSSR count). The first-order valence-electron chi connectivity index (χ1n) is 6.85.